The largest absolute Gasteiger partial charge is 0.366 e. The average Bonchev–Trinajstić information content (AvgIpc) is 2.47. The number of nitrogens with zero attached hydrogens (tertiary/aromatic N) is 3. The summed E-state index contributed by atoms with van der Waals surface area (Å²) in [5, 5.41) is 0. The second-order valence-electron chi connectivity index (χ2n) is 5.10. The van der Waals surface area contributed by atoms with Crippen LogP contribution in [0.1, 0.15) is 5.69 Å². The number of hydrogen-bond donors (Lipinski definition) is 1. The summed E-state index contributed by atoms with van der Waals surface area (Å²) in [6, 6.07) is 12.6. The maximum Gasteiger partial charge on any atom is 0.342 e. The monoisotopic (exact) mass is 270 g/mol. The number of para-hydroxylation sites is 1. The first-order valence-electron chi connectivity index (χ1n) is 6.94. The van der Waals surface area contributed by atoms with Gasteiger partial charge in [0.25, 0.3) is 0 Å². The molecular formula is C15H20N5+. The smallest absolute Gasteiger partial charge is 0.342 e. The number of benzene rings is 1. The van der Waals surface area contributed by atoms with Gasteiger partial charge in [0.2, 0.25) is 0 Å². The molecule has 20 heavy (non-hydrogen) atoms. The van der Waals surface area contributed by atoms with Gasteiger partial charge in [0, 0.05) is 24.8 Å². The van der Waals surface area contributed by atoms with Crippen LogP contribution < -0.4 is 20.5 Å². The van der Waals surface area contributed by atoms with Crippen molar-refractivity contribution in [2.75, 3.05) is 41.7 Å². The molecule has 3 N–H and O–H groups in total. The highest BCUT2D eigenvalue weighted by Crippen LogP contribution is 2.18. The topological polar surface area (TPSA) is 59.5 Å². The van der Waals surface area contributed by atoms with Crippen molar-refractivity contribution in [3.05, 3.63) is 42.1 Å². The first kappa shape index (κ1) is 12.7. The lowest BCUT2D eigenvalue weighted by atomic mass is 10.2. The van der Waals surface area contributed by atoms with Crippen LogP contribution in [0.3, 0.4) is 0 Å². The Balaban J connectivity index is 1.69. The summed E-state index contributed by atoms with van der Waals surface area (Å²) < 4.78 is 0. The van der Waals surface area contributed by atoms with Gasteiger partial charge in [0.05, 0.1) is 13.1 Å². The highest BCUT2D eigenvalue weighted by Gasteiger charge is 2.21. The maximum absolute atomic E-state index is 5.78. The molecule has 0 radical (unpaired) electrons. The highest BCUT2D eigenvalue weighted by molar-refractivity contribution is 5.48. The number of nitrogens with two attached hydrogens (primary N) is 1. The van der Waals surface area contributed by atoms with Gasteiger partial charge in [0.15, 0.2) is 5.82 Å². The predicted molar refractivity (Wildman–Crippen MR) is 80.8 cm³/mol. The Hall–Kier alpha value is -2.30. The van der Waals surface area contributed by atoms with Crippen molar-refractivity contribution in [1.82, 2.24) is 4.98 Å². The van der Waals surface area contributed by atoms with Gasteiger partial charge in [-0.2, -0.15) is 0 Å². The zero-order valence-electron chi connectivity index (χ0n) is 11.7. The van der Waals surface area contributed by atoms with E-state index in [1.807, 2.05) is 6.92 Å². The van der Waals surface area contributed by atoms with Gasteiger partial charge in [0.1, 0.15) is 5.69 Å². The maximum atomic E-state index is 5.78. The van der Waals surface area contributed by atoms with E-state index < -0.39 is 0 Å². The molecule has 1 aliphatic heterocycles. The molecule has 3 rings (SSSR count). The molecule has 0 bridgehead atoms. The molecule has 1 fully saturated rings. The Labute approximate surface area is 119 Å². The van der Waals surface area contributed by atoms with E-state index in [2.05, 4.69) is 56.2 Å². The van der Waals surface area contributed by atoms with Gasteiger partial charge in [-0.15, -0.1) is 4.98 Å². The van der Waals surface area contributed by atoms with Crippen molar-refractivity contribution in [1.29, 1.82) is 0 Å². The average molecular weight is 270 g/mol. The normalized spacial score (nSPS) is 15.4. The van der Waals surface area contributed by atoms with Gasteiger partial charge in [-0.25, -0.2) is 4.98 Å². The number of anilines is 3. The summed E-state index contributed by atoms with van der Waals surface area (Å²) in [5.74, 6) is 1.54. The first-order chi connectivity index (χ1) is 9.72. The molecule has 0 atom stereocenters. The fraction of sp³-hybridized carbons (Fsp3) is 0.333. The van der Waals surface area contributed by atoms with Crippen molar-refractivity contribution >= 4 is 17.5 Å². The fourth-order valence-electron chi connectivity index (χ4n) is 2.63. The van der Waals surface area contributed by atoms with Crippen molar-refractivity contribution in [2.24, 2.45) is 0 Å². The summed E-state index contributed by atoms with van der Waals surface area (Å²) in [6.07, 6.45) is 0. The molecule has 1 aliphatic rings. The molecule has 1 aromatic carbocycles. The number of H-pyrrole nitrogens is 1. The van der Waals surface area contributed by atoms with E-state index in [0.717, 1.165) is 37.7 Å². The lowest BCUT2D eigenvalue weighted by molar-refractivity contribution is -0.350. The second kappa shape index (κ2) is 5.36. The van der Waals surface area contributed by atoms with E-state index in [9.17, 15) is 0 Å². The van der Waals surface area contributed by atoms with E-state index in [1.54, 1.807) is 0 Å². The molecule has 0 spiro atoms. The zero-order chi connectivity index (χ0) is 13.9. The van der Waals surface area contributed by atoms with Crippen molar-refractivity contribution < 1.29 is 4.98 Å². The minimum Gasteiger partial charge on any atom is -0.366 e. The lowest BCUT2D eigenvalue weighted by Crippen LogP contribution is -2.48. The molecule has 1 saturated heterocycles. The fourth-order valence-corrected chi connectivity index (χ4v) is 2.63. The Kier molecular flexibility index (Phi) is 3.41. The van der Waals surface area contributed by atoms with E-state index in [-0.39, 0.29) is 0 Å². The summed E-state index contributed by atoms with van der Waals surface area (Å²) in [7, 11) is 0. The number of aryl methyl sites for hydroxylation is 1. The summed E-state index contributed by atoms with van der Waals surface area (Å²) in [6.45, 7) is 5.95. The van der Waals surface area contributed by atoms with Crippen LogP contribution in [-0.4, -0.2) is 31.2 Å². The molecule has 2 heterocycles. The minimum absolute atomic E-state index is 0.477. The molecule has 104 valence electrons. The van der Waals surface area contributed by atoms with Crippen LogP contribution >= 0.6 is 0 Å². The molecule has 2 aromatic rings. The Morgan fingerprint density at radius 3 is 2.35 bits per heavy atom. The predicted octanol–water partition coefficient (Wildman–Crippen LogP) is 1.11. The molecule has 0 aliphatic carbocycles. The molecule has 0 amide bonds. The standard InChI is InChI=1S/C15H19N5/c1-12-11-14(18-15(16)17-12)20-9-7-19(8-10-20)13-5-3-2-4-6-13/h2-6,11H,7-10H2,1H3,(H2,16,17,18)/p+1. The number of nitrogen functional groups attached to an aromatic ring is 1. The molecule has 5 heteroatoms. The van der Waals surface area contributed by atoms with E-state index in [4.69, 9.17) is 5.73 Å². The quantitative estimate of drug-likeness (QED) is 0.888. The van der Waals surface area contributed by atoms with Gasteiger partial charge in [-0.1, -0.05) is 18.2 Å². The number of nitrogens with one attached hydrogen (secondary N) is 1. The molecule has 0 unspecified atom stereocenters. The van der Waals surface area contributed by atoms with Crippen molar-refractivity contribution in [2.45, 2.75) is 6.92 Å². The van der Waals surface area contributed by atoms with Crippen LogP contribution in [-0.2, 0) is 0 Å². The molecule has 1 aromatic heterocycles. The summed E-state index contributed by atoms with van der Waals surface area (Å²) in [4.78, 5) is 12.1. The zero-order valence-corrected chi connectivity index (χ0v) is 11.7. The third-order valence-corrected chi connectivity index (χ3v) is 3.64. The highest BCUT2D eigenvalue weighted by atomic mass is 15.3. The van der Waals surface area contributed by atoms with Crippen LogP contribution in [0.15, 0.2) is 36.4 Å². The van der Waals surface area contributed by atoms with Crippen LogP contribution in [0.5, 0.6) is 0 Å². The van der Waals surface area contributed by atoms with Crippen LogP contribution in [0.25, 0.3) is 0 Å². The van der Waals surface area contributed by atoms with Gasteiger partial charge in [-0.05, 0) is 19.1 Å². The van der Waals surface area contributed by atoms with E-state index in [1.165, 1.54) is 5.69 Å². The van der Waals surface area contributed by atoms with Gasteiger partial charge >= 0.3 is 5.95 Å². The molecule has 5 nitrogen and oxygen atoms in total. The summed E-state index contributed by atoms with van der Waals surface area (Å²) >= 11 is 0. The number of aromatic amines is 1. The Morgan fingerprint density at radius 2 is 1.70 bits per heavy atom. The van der Waals surface area contributed by atoms with Gasteiger partial charge in [-0.3, -0.25) is 0 Å². The van der Waals surface area contributed by atoms with Gasteiger partial charge < -0.3 is 15.5 Å². The first-order valence-corrected chi connectivity index (χ1v) is 6.94. The third-order valence-electron chi connectivity index (χ3n) is 3.64. The van der Waals surface area contributed by atoms with Crippen LogP contribution in [0, 0.1) is 6.92 Å². The lowest BCUT2D eigenvalue weighted by Gasteiger charge is -2.34. The number of hydrogen-bond acceptors (Lipinski definition) is 4. The van der Waals surface area contributed by atoms with E-state index in [0.29, 0.717) is 5.95 Å². The summed E-state index contributed by atoms with van der Waals surface area (Å²) in [5.41, 5.74) is 8.02. The van der Waals surface area contributed by atoms with Crippen LogP contribution in [0.4, 0.5) is 17.5 Å². The second-order valence-corrected chi connectivity index (χ2v) is 5.10. The Morgan fingerprint density at radius 1 is 1.05 bits per heavy atom. The SMILES string of the molecule is Cc1cc(N2CCN(c3ccccc3)CC2)[nH+]c(N)n1. The molecular weight excluding hydrogens is 250 g/mol. The Bertz CT molecular complexity index is 556. The van der Waals surface area contributed by atoms with Crippen molar-refractivity contribution in [3.63, 3.8) is 0 Å². The molecule has 0 saturated carbocycles. The van der Waals surface area contributed by atoms with E-state index >= 15 is 0 Å². The number of rotatable bonds is 2. The third kappa shape index (κ3) is 2.66. The number of piperazine rings is 1. The number of aromatic nitrogens is 2. The van der Waals surface area contributed by atoms with Crippen LogP contribution in [0.2, 0.25) is 0 Å². The van der Waals surface area contributed by atoms with Crippen molar-refractivity contribution in [3.8, 4) is 0 Å². The minimum atomic E-state index is 0.477.